The van der Waals surface area contributed by atoms with Crippen molar-refractivity contribution in [3.63, 3.8) is 0 Å². The van der Waals surface area contributed by atoms with Crippen molar-refractivity contribution in [3.8, 4) is 0 Å². The van der Waals surface area contributed by atoms with Crippen molar-refractivity contribution in [3.05, 3.63) is 35.4 Å². The van der Waals surface area contributed by atoms with Crippen LogP contribution in [0.5, 0.6) is 0 Å². The van der Waals surface area contributed by atoms with Crippen LogP contribution >= 0.6 is 0 Å². The van der Waals surface area contributed by atoms with Crippen molar-refractivity contribution in [2.45, 2.75) is 45.2 Å². The predicted octanol–water partition coefficient (Wildman–Crippen LogP) is 1.87. The SMILES string of the molecule is Cc1ccc(CNC(=O)N2CC[C@@H]3[C@@H](CCC(=O)N3CCCN)C2)cc1. The molecule has 1 aromatic carbocycles. The van der Waals surface area contributed by atoms with Gasteiger partial charge < -0.3 is 20.9 Å². The number of aryl methyl sites for hydroxylation is 1. The number of carbonyl (C=O) groups is 2. The molecular formula is C20H30N4O2. The number of urea groups is 1. The van der Waals surface area contributed by atoms with Gasteiger partial charge >= 0.3 is 6.03 Å². The number of nitrogens with two attached hydrogens (primary N) is 1. The second-order valence-electron chi connectivity index (χ2n) is 7.47. The van der Waals surface area contributed by atoms with Crippen molar-refractivity contribution < 1.29 is 9.59 Å². The highest BCUT2D eigenvalue weighted by Crippen LogP contribution is 2.31. The van der Waals surface area contributed by atoms with E-state index in [0.717, 1.165) is 37.9 Å². The Morgan fingerprint density at radius 2 is 2.04 bits per heavy atom. The van der Waals surface area contributed by atoms with Crippen LogP contribution < -0.4 is 11.1 Å². The lowest BCUT2D eigenvalue weighted by Crippen LogP contribution is -2.58. The fourth-order valence-corrected chi connectivity index (χ4v) is 4.08. The molecule has 0 saturated carbocycles. The topological polar surface area (TPSA) is 78.7 Å². The maximum Gasteiger partial charge on any atom is 0.317 e. The molecule has 2 saturated heterocycles. The number of carbonyl (C=O) groups excluding carboxylic acids is 2. The summed E-state index contributed by atoms with van der Waals surface area (Å²) < 4.78 is 0. The maximum absolute atomic E-state index is 12.5. The van der Waals surface area contributed by atoms with Gasteiger partial charge in [-0.05, 0) is 44.2 Å². The lowest BCUT2D eigenvalue weighted by molar-refractivity contribution is -0.140. The van der Waals surface area contributed by atoms with Gasteiger partial charge in [-0.3, -0.25) is 4.79 Å². The summed E-state index contributed by atoms with van der Waals surface area (Å²) in [5, 5.41) is 3.03. The minimum Gasteiger partial charge on any atom is -0.339 e. The Balaban J connectivity index is 1.53. The molecule has 0 aromatic heterocycles. The smallest absolute Gasteiger partial charge is 0.317 e. The van der Waals surface area contributed by atoms with Gasteiger partial charge in [-0.25, -0.2) is 4.79 Å². The predicted molar refractivity (Wildman–Crippen MR) is 102 cm³/mol. The molecule has 142 valence electrons. The molecule has 0 radical (unpaired) electrons. The van der Waals surface area contributed by atoms with E-state index < -0.39 is 0 Å². The lowest BCUT2D eigenvalue weighted by atomic mass is 9.83. The average Bonchev–Trinajstić information content (AvgIpc) is 2.66. The van der Waals surface area contributed by atoms with E-state index in [2.05, 4.69) is 24.4 Å². The molecule has 2 heterocycles. The van der Waals surface area contributed by atoms with Crippen molar-refractivity contribution in [1.29, 1.82) is 0 Å². The molecule has 2 atom stereocenters. The summed E-state index contributed by atoms with van der Waals surface area (Å²) in [6, 6.07) is 8.47. The van der Waals surface area contributed by atoms with E-state index in [1.165, 1.54) is 5.56 Å². The number of benzene rings is 1. The summed E-state index contributed by atoms with van der Waals surface area (Å²) in [5.74, 6) is 0.626. The average molecular weight is 358 g/mol. The minimum absolute atomic E-state index is 0.00515. The van der Waals surface area contributed by atoms with Crippen LogP contribution in [-0.4, -0.2) is 54.0 Å². The van der Waals surface area contributed by atoms with Crippen LogP contribution in [0, 0.1) is 12.8 Å². The molecule has 3 amide bonds. The van der Waals surface area contributed by atoms with E-state index in [4.69, 9.17) is 5.73 Å². The Labute approximate surface area is 155 Å². The number of rotatable bonds is 5. The number of hydrogen-bond acceptors (Lipinski definition) is 3. The van der Waals surface area contributed by atoms with Gasteiger partial charge in [0.05, 0.1) is 0 Å². The zero-order valence-corrected chi connectivity index (χ0v) is 15.6. The van der Waals surface area contributed by atoms with Crippen LogP contribution in [0.4, 0.5) is 4.79 Å². The molecule has 2 fully saturated rings. The largest absolute Gasteiger partial charge is 0.339 e. The zero-order valence-electron chi connectivity index (χ0n) is 15.6. The fraction of sp³-hybridized carbons (Fsp3) is 0.600. The van der Waals surface area contributed by atoms with Gasteiger partial charge in [0, 0.05) is 38.6 Å². The van der Waals surface area contributed by atoms with E-state index in [0.29, 0.717) is 32.0 Å². The first kappa shape index (κ1) is 18.7. The summed E-state index contributed by atoms with van der Waals surface area (Å²) in [5.41, 5.74) is 7.93. The van der Waals surface area contributed by atoms with Crippen LogP contribution in [0.2, 0.25) is 0 Å². The third-order valence-corrected chi connectivity index (χ3v) is 5.60. The van der Waals surface area contributed by atoms with E-state index in [1.54, 1.807) is 0 Å². The second kappa shape index (κ2) is 8.54. The summed E-state index contributed by atoms with van der Waals surface area (Å²) in [7, 11) is 0. The van der Waals surface area contributed by atoms with Crippen molar-refractivity contribution in [2.75, 3.05) is 26.2 Å². The second-order valence-corrected chi connectivity index (χ2v) is 7.47. The van der Waals surface area contributed by atoms with Crippen LogP contribution in [0.25, 0.3) is 0 Å². The normalized spacial score (nSPS) is 22.9. The van der Waals surface area contributed by atoms with E-state index >= 15 is 0 Å². The number of hydrogen-bond donors (Lipinski definition) is 2. The number of nitrogens with one attached hydrogen (secondary N) is 1. The zero-order chi connectivity index (χ0) is 18.5. The summed E-state index contributed by atoms with van der Waals surface area (Å²) in [4.78, 5) is 28.7. The quantitative estimate of drug-likeness (QED) is 0.843. The molecule has 0 bridgehead atoms. The van der Waals surface area contributed by atoms with Gasteiger partial charge in [0.15, 0.2) is 0 Å². The molecule has 3 rings (SSSR count). The standard InChI is InChI=1S/C20H30N4O2/c1-15-3-5-16(6-4-15)13-22-20(26)23-12-9-18-17(14-23)7-8-19(25)24(18)11-2-10-21/h3-6,17-18H,2,7-14,21H2,1H3,(H,22,26)/t17-,18+/m0/s1. The molecule has 0 unspecified atom stereocenters. The Hall–Kier alpha value is -2.08. The van der Waals surface area contributed by atoms with E-state index in [9.17, 15) is 9.59 Å². The molecule has 6 heteroatoms. The van der Waals surface area contributed by atoms with Gasteiger partial charge in [-0.1, -0.05) is 29.8 Å². The van der Waals surface area contributed by atoms with Crippen molar-refractivity contribution in [2.24, 2.45) is 11.7 Å². The molecule has 1 aromatic rings. The summed E-state index contributed by atoms with van der Waals surface area (Å²) in [6.45, 7) is 5.39. The third-order valence-electron chi connectivity index (χ3n) is 5.60. The maximum atomic E-state index is 12.5. The van der Waals surface area contributed by atoms with Crippen molar-refractivity contribution in [1.82, 2.24) is 15.1 Å². The van der Waals surface area contributed by atoms with Crippen LogP contribution in [0.1, 0.15) is 36.8 Å². The number of nitrogens with zero attached hydrogens (tertiary/aromatic N) is 2. The molecule has 0 aliphatic carbocycles. The minimum atomic E-state index is -0.00515. The van der Waals surface area contributed by atoms with Crippen LogP contribution in [-0.2, 0) is 11.3 Å². The Bertz CT molecular complexity index is 631. The Morgan fingerprint density at radius 1 is 1.27 bits per heavy atom. The van der Waals surface area contributed by atoms with Gasteiger partial charge in [-0.15, -0.1) is 0 Å². The highest BCUT2D eigenvalue weighted by molar-refractivity contribution is 5.78. The summed E-state index contributed by atoms with van der Waals surface area (Å²) >= 11 is 0. The van der Waals surface area contributed by atoms with Gasteiger partial charge in [0.25, 0.3) is 0 Å². The van der Waals surface area contributed by atoms with E-state index in [-0.39, 0.29) is 18.0 Å². The number of likely N-dealkylation sites (tertiary alicyclic amines) is 2. The number of amides is 3. The number of piperidine rings is 2. The summed E-state index contributed by atoms with van der Waals surface area (Å²) in [6.07, 6.45) is 3.17. The number of fused-ring (bicyclic) bond motifs is 1. The third kappa shape index (κ3) is 4.36. The van der Waals surface area contributed by atoms with Crippen molar-refractivity contribution >= 4 is 11.9 Å². The Morgan fingerprint density at radius 3 is 2.77 bits per heavy atom. The molecule has 2 aliphatic heterocycles. The molecule has 0 spiro atoms. The highest BCUT2D eigenvalue weighted by atomic mass is 16.2. The van der Waals surface area contributed by atoms with Gasteiger partial charge in [0.2, 0.25) is 5.91 Å². The first-order chi connectivity index (χ1) is 12.6. The monoisotopic (exact) mass is 358 g/mol. The molecule has 6 nitrogen and oxygen atoms in total. The van der Waals surface area contributed by atoms with Crippen LogP contribution in [0.3, 0.4) is 0 Å². The fourth-order valence-electron chi connectivity index (χ4n) is 4.08. The van der Waals surface area contributed by atoms with Crippen LogP contribution in [0.15, 0.2) is 24.3 Å². The molecular weight excluding hydrogens is 328 g/mol. The highest BCUT2D eigenvalue weighted by Gasteiger charge is 2.39. The van der Waals surface area contributed by atoms with Gasteiger partial charge in [0.1, 0.15) is 0 Å². The molecule has 2 aliphatic rings. The molecule has 26 heavy (non-hydrogen) atoms. The van der Waals surface area contributed by atoms with E-state index in [1.807, 2.05) is 21.9 Å². The molecule has 3 N–H and O–H groups in total. The first-order valence-corrected chi connectivity index (χ1v) is 9.66. The van der Waals surface area contributed by atoms with Gasteiger partial charge in [-0.2, -0.15) is 0 Å². The lowest BCUT2D eigenvalue weighted by Gasteiger charge is -2.47. The Kier molecular flexibility index (Phi) is 6.14. The first-order valence-electron chi connectivity index (χ1n) is 9.66.